The maximum Gasteiger partial charge on any atom is 0.416 e. The van der Waals surface area contributed by atoms with E-state index in [1.165, 1.54) is 11.9 Å². The van der Waals surface area contributed by atoms with Crippen LogP contribution in [0.5, 0.6) is 0 Å². The first-order valence-electron chi connectivity index (χ1n) is 8.67. The molecule has 0 spiro atoms. The lowest BCUT2D eigenvalue weighted by Gasteiger charge is -2.21. The number of carbonyl (C=O) groups is 1. The number of aryl methyl sites for hydroxylation is 1. The van der Waals surface area contributed by atoms with Gasteiger partial charge in [0.15, 0.2) is 0 Å². The van der Waals surface area contributed by atoms with Crippen LogP contribution in [-0.4, -0.2) is 27.8 Å². The van der Waals surface area contributed by atoms with Gasteiger partial charge in [-0.05, 0) is 55.3 Å². The van der Waals surface area contributed by atoms with Crippen molar-refractivity contribution in [2.75, 3.05) is 7.05 Å². The summed E-state index contributed by atoms with van der Waals surface area (Å²) in [5, 5.41) is 0. The Bertz CT molecular complexity index is 1210. The second kappa shape index (κ2) is 7.23. The maximum atomic E-state index is 12.7. The standard InChI is InChI=1S/C20H18F3N3O3/c1-10-8-15-16(25-18(28)17(27)24-15)14(11(10)2)9-26(3)19(29)12-4-6-13(7-5-12)20(21,22)23/h4-8H,9H2,1-3H3,(H,24,27)(H,25,28). The molecular formula is C20H18F3N3O3. The number of nitrogens with one attached hydrogen (secondary N) is 2. The number of alkyl halides is 3. The number of amides is 1. The summed E-state index contributed by atoms with van der Waals surface area (Å²) < 4.78 is 38.1. The largest absolute Gasteiger partial charge is 0.416 e. The molecule has 6 nitrogen and oxygen atoms in total. The van der Waals surface area contributed by atoms with Gasteiger partial charge >= 0.3 is 17.3 Å². The molecule has 0 bridgehead atoms. The molecule has 0 radical (unpaired) electrons. The van der Waals surface area contributed by atoms with Crippen LogP contribution in [0.15, 0.2) is 39.9 Å². The molecule has 2 aromatic carbocycles. The van der Waals surface area contributed by atoms with E-state index in [1.54, 1.807) is 6.07 Å². The van der Waals surface area contributed by atoms with Crippen molar-refractivity contribution >= 4 is 16.9 Å². The first-order valence-corrected chi connectivity index (χ1v) is 8.67. The van der Waals surface area contributed by atoms with E-state index in [0.29, 0.717) is 16.6 Å². The molecule has 0 saturated heterocycles. The molecule has 1 amide bonds. The number of halogens is 3. The summed E-state index contributed by atoms with van der Waals surface area (Å²) in [6, 6.07) is 5.70. The zero-order valence-electron chi connectivity index (χ0n) is 15.9. The lowest BCUT2D eigenvalue weighted by molar-refractivity contribution is -0.137. The van der Waals surface area contributed by atoms with Gasteiger partial charge in [0.1, 0.15) is 0 Å². The van der Waals surface area contributed by atoms with Crippen LogP contribution in [0.3, 0.4) is 0 Å². The normalized spacial score (nSPS) is 11.7. The Morgan fingerprint density at radius 2 is 1.62 bits per heavy atom. The van der Waals surface area contributed by atoms with E-state index in [4.69, 9.17) is 0 Å². The molecule has 0 saturated carbocycles. The molecule has 0 atom stereocenters. The molecule has 0 aliphatic rings. The zero-order valence-corrected chi connectivity index (χ0v) is 15.9. The predicted octanol–water partition coefficient (Wildman–Crippen LogP) is 3.12. The third-order valence-electron chi connectivity index (χ3n) is 4.87. The summed E-state index contributed by atoms with van der Waals surface area (Å²) in [6.45, 7) is 3.75. The second-order valence-corrected chi connectivity index (χ2v) is 6.86. The zero-order chi connectivity index (χ0) is 21.5. The lowest BCUT2D eigenvalue weighted by atomic mass is 10.00. The van der Waals surface area contributed by atoms with E-state index < -0.39 is 28.8 Å². The highest BCUT2D eigenvalue weighted by Gasteiger charge is 2.30. The fourth-order valence-electron chi connectivity index (χ4n) is 3.10. The van der Waals surface area contributed by atoms with Gasteiger partial charge in [-0.25, -0.2) is 0 Å². The van der Waals surface area contributed by atoms with Crippen LogP contribution in [0.25, 0.3) is 11.0 Å². The molecule has 152 valence electrons. The van der Waals surface area contributed by atoms with Crippen LogP contribution in [0.1, 0.15) is 32.6 Å². The fraction of sp³-hybridized carbons (Fsp3) is 0.250. The number of aromatic nitrogens is 2. The summed E-state index contributed by atoms with van der Waals surface area (Å²) in [5.41, 5.74) is 0.845. The van der Waals surface area contributed by atoms with E-state index >= 15 is 0 Å². The topological polar surface area (TPSA) is 86.0 Å². The van der Waals surface area contributed by atoms with E-state index in [1.807, 2.05) is 13.8 Å². The number of carbonyl (C=O) groups excluding carboxylic acids is 1. The molecular weight excluding hydrogens is 387 g/mol. The van der Waals surface area contributed by atoms with Gasteiger partial charge in [-0.1, -0.05) is 0 Å². The van der Waals surface area contributed by atoms with Crippen molar-refractivity contribution in [3.63, 3.8) is 0 Å². The second-order valence-electron chi connectivity index (χ2n) is 6.86. The number of rotatable bonds is 3. The molecule has 0 fully saturated rings. The summed E-state index contributed by atoms with van der Waals surface area (Å²) in [6.07, 6.45) is -4.48. The Kier molecular flexibility index (Phi) is 5.08. The predicted molar refractivity (Wildman–Crippen MR) is 102 cm³/mol. The van der Waals surface area contributed by atoms with Crippen molar-refractivity contribution in [2.24, 2.45) is 0 Å². The molecule has 29 heavy (non-hydrogen) atoms. The van der Waals surface area contributed by atoms with Gasteiger partial charge in [-0.2, -0.15) is 13.2 Å². The Morgan fingerprint density at radius 1 is 1.03 bits per heavy atom. The fourth-order valence-corrected chi connectivity index (χ4v) is 3.10. The SMILES string of the molecule is Cc1cc2[nH]c(=O)c(=O)[nH]c2c(CN(C)C(=O)c2ccc(C(F)(F)F)cc2)c1C. The molecule has 3 rings (SSSR count). The minimum absolute atomic E-state index is 0.0891. The summed E-state index contributed by atoms with van der Waals surface area (Å²) >= 11 is 0. The average Bonchev–Trinajstić information content (AvgIpc) is 2.66. The number of fused-ring (bicyclic) bond motifs is 1. The van der Waals surface area contributed by atoms with Crippen LogP contribution in [0, 0.1) is 13.8 Å². The number of benzene rings is 2. The molecule has 1 heterocycles. The Morgan fingerprint density at radius 3 is 2.21 bits per heavy atom. The highest BCUT2D eigenvalue weighted by atomic mass is 19.4. The summed E-state index contributed by atoms with van der Waals surface area (Å²) in [7, 11) is 1.51. The van der Waals surface area contributed by atoms with Gasteiger partial charge in [0.25, 0.3) is 5.91 Å². The Hall–Kier alpha value is -3.36. The highest BCUT2D eigenvalue weighted by molar-refractivity contribution is 5.94. The van der Waals surface area contributed by atoms with Gasteiger partial charge in [0, 0.05) is 24.7 Å². The summed E-state index contributed by atoms with van der Waals surface area (Å²) in [4.78, 5) is 42.4. The maximum absolute atomic E-state index is 12.7. The van der Waals surface area contributed by atoms with E-state index in [0.717, 1.165) is 35.4 Å². The number of hydrogen-bond donors (Lipinski definition) is 2. The Labute approximate surface area is 163 Å². The number of aromatic amines is 2. The van der Waals surface area contributed by atoms with Gasteiger partial charge in [-0.3, -0.25) is 14.4 Å². The molecule has 9 heteroatoms. The van der Waals surface area contributed by atoms with Crippen molar-refractivity contribution in [3.05, 3.63) is 78.9 Å². The van der Waals surface area contributed by atoms with Crippen LogP contribution < -0.4 is 11.1 Å². The third-order valence-corrected chi connectivity index (χ3v) is 4.87. The monoisotopic (exact) mass is 405 g/mol. The van der Waals surface area contributed by atoms with Crippen LogP contribution in [-0.2, 0) is 12.7 Å². The van der Waals surface area contributed by atoms with Gasteiger partial charge < -0.3 is 14.9 Å². The number of hydrogen-bond acceptors (Lipinski definition) is 3. The summed E-state index contributed by atoms with van der Waals surface area (Å²) in [5.74, 6) is -0.473. The van der Waals surface area contributed by atoms with Crippen LogP contribution >= 0.6 is 0 Å². The van der Waals surface area contributed by atoms with Gasteiger partial charge in [0.05, 0.1) is 16.6 Å². The van der Waals surface area contributed by atoms with Crippen LogP contribution in [0.2, 0.25) is 0 Å². The smallest absolute Gasteiger partial charge is 0.337 e. The van der Waals surface area contributed by atoms with Gasteiger partial charge in [0.2, 0.25) is 0 Å². The van der Waals surface area contributed by atoms with Crippen molar-refractivity contribution in [3.8, 4) is 0 Å². The van der Waals surface area contributed by atoms with Crippen LogP contribution in [0.4, 0.5) is 13.2 Å². The van der Waals surface area contributed by atoms with Crippen molar-refractivity contribution in [1.82, 2.24) is 14.9 Å². The van der Waals surface area contributed by atoms with E-state index in [9.17, 15) is 27.6 Å². The van der Waals surface area contributed by atoms with E-state index in [2.05, 4.69) is 9.97 Å². The number of H-pyrrole nitrogens is 2. The minimum atomic E-state index is -4.48. The van der Waals surface area contributed by atoms with Crippen molar-refractivity contribution in [2.45, 2.75) is 26.6 Å². The van der Waals surface area contributed by atoms with Crippen molar-refractivity contribution < 1.29 is 18.0 Å². The molecule has 2 N–H and O–H groups in total. The lowest BCUT2D eigenvalue weighted by Crippen LogP contribution is -2.31. The minimum Gasteiger partial charge on any atom is -0.337 e. The first kappa shape index (κ1) is 20.4. The first-order chi connectivity index (χ1) is 13.5. The molecule has 0 unspecified atom stereocenters. The van der Waals surface area contributed by atoms with Gasteiger partial charge in [-0.15, -0.1) is 0 Å². The molecule has 0 aliphatic heterocycles. The quantitative estimate of drug-likeness (QED) is 0.657. The van der Waals surface area contributed by atoms with Crippen molar-refractivity contribution in [1.29, 1.82) is 0 Å². The Balaban J connectivity index is 1.97. The molecule has 1 aromatic heterocycles. The molecule has 0 aliphatic carbocycles. The highest BCUT2D eigenvalue weighted by Crippen LogP contribution is 2.29. The van der Waals surface area contributed by atoms with E-state index in [-0.39, 0.29) is 12.1 Å². The number of nitrogens with zero attached hydrogens (tertiary/aromatic N) is 1. The molecule has 3 aromatic rings. The average molecular weight is 405 g/mol. The third kappa shape index (κ3) is 3.94.